The van der Waals surface area contributed by atoms with Gasteiger partial charge in [-0.05, 0) is 36.8 Å². The van der Waals surface area contributed by atoms with E-state index in [2.05, 4.69) is 61.2 Å². The van der Waals surface area contributed by atoms with E-state index in [1.54, 1.807) is 0 Å². The van der Waals surface area contributed by atoms with Crippen molar-refractivity contribution in [3.63, 3.8) is 0 Å². The Morgan fingerprint density at radius 1 is 1.10 bits per heavy atom. The van der Waals surface area contributed by atoms with Crippen LogP contribution in [0, 0.1) is 0 Å². The molecule has 0 aliphatic carbocycles. The van der Waals surface area contributed by atoms with Gasteiger partial charge in [-0.15, -0.1) is 0 Å². The summed E-state index contributed by atoms with van der Waals surface area (Å²) >= 11 is 0. The quantitative estimate of drug-likeness (QED) is 0.630. The molecule has 1 spiro atoms. The number of carbonyl (C=O) groups is 1. The molecule has 30 heavy (non-hydrogen) atoms. The molecule has 0 radical (unpaired) electrons. The van der Waals surface area contributed by atoms with Crippen molar-refractivity contribution < 1.29 is 14.3 Å². The normalized spacial score (nSPS) is 21.3. The van der Waals surface area contributed by atoms with Gasteiger partial charge in [0.15, 0.2) is 5.60 Å². The van der Waals surface area contributed by atoms with Gasteiger partial charge in [0.2, 0.25) is 0 Å². The lowest BCUT2D eigenvalue weighted by molar-refractivity contribution is -0.131. The Balaban J connectivity index is 1.48. The zero-order valence-electron chi connectivity index (χ0n) is 18.2. The van der Waals surface area contributed by atoms with Crippen LogP contribution in [-0.4, -0.2) is 35.5 Å². The first-order valence-corrected chi connectivity index (χ1v) is 11.0. The zero-order chi connectivity index (χ0) is 21.4. The summed E-state index contributed by atoms with van der Waals surface area (Å²) in [5, 5.41) is 0. The molecule has 0 unspecified atom stereocenters. The van der Waals surface area contributed by atoms with Gasteiger partial charge in [0.05, 0.1) is 12.2 Å². The van der Waals surface area contributed by atoms with Gasteiger partial charge >= 0.3 is 0 Å². The van der Waals surface area contributed by atoms with E-state index in [0.717, 1.165) is 49.9 Å². The van der Waals surface area contributed by atoms with Crippen LogP contribution in [0.5, 0.6) is 0 Å². The molecule has 1 saturated heterocycles. The Kier molecular flexibility index (Phi) is 5.58. The summed E-state index contributed by atoms with van der Waals surface area (Å²) in [6.45, 7) is 14.5. The van der Waals surface area contributed by atoms with Crippen molar-refractivity contribution in [2.75, 3.05) is 13.1 Å². The maximum absolute atomic E-state index is 13.0. The van der Waals surface area contributed by atoms with Gasteiger partial charge in [-0.2, -0.15) is 4.99 Å². The first-order chi connectivity index (χ1) is 14.4. The predicted octanol–water partition coefficient (Wildman–Crippen LogP) is 4.87. The third-order valence-corrected chi connectivity index (χ3v) is 6.80. The van der Waals surface area contributed by atoms with E-state index in [4.69, 9.17) is 9.47 Å². The van der Waals surface area contributed by atoms with Crippen LogP contribution in [0.3, 0.4) is 0 Å². The summed E-state index contributed by atoms with van der Waals surface area (Å²) in [5.41, 5.74) is 3.38. The summed E-state index contributed by atoms with van der Waals surface area (Å²) < 4.78 is 12.6. The number of amidine groups is 1. The average molecular weight is 409 g/mol. The van der Waals surface area contributed by atoms with E-state index in [0.29, 0.717) is 25.5 Å². The molecule has 0 atom stereocenters. The molecule has 160 valence electrons. The number of aliphatic imine (C=N–C) groups is 1. The Morgan fingerprint density at radius 3 is 2.37 bits per heavy atom. The highest BCUT2D eigenvalue weighted by Crippen LogP contribution is 2.44. The van der Waals surface area contributed by atoms with Crippen molar-refractivity contribution in [2.45, 2.75) is 70.2 Å². The molecule has 1 fully saturated rings. The standard InChI is InChI=1S/C25H32N2O3/c1-5-18(3)15-25(16-19(4)6-2)22(28)26-23(30-25)27-13-11-24(12-14-27)21-10-8-7-9-20(21)17-29-24/h7-10H,3-6,11-17H2,1-2H3. The van der Waals surface area contributed by atoms with Gasteiger partial charge in [-0.25, -0.2) is 0 Å². The molecular formula is C25H32N2O3. The van der Waals surface area contributed by atoms with E-state index in [9.17, 15) is 4.79 Å². The molecule has 5 heteroatoms. The number of nitrogens with zero attached hydrogens (tertiary/aromatic N) is 2. The van der Waals surface area contributed by atoms with E-state index in [1.165, 1.54) is 11.1 Å². The van der Waals surface area contributed by atoms with Gasteiger partial charge < -0.3 is 14.4 Å². The fraction of sp³-hybridized carbons (Fsp3) is 0.520. The summed E-state index contributed by atoms with van der Waals surface area (Å²) in [6, 6.07) is 8.93. The molecule has 3 aliphatic rings. The highest BCUT2D eigenvalue weighted by molar-refractivity contribution is 6.01. The molecule has 1 amide bonds. The van der Waals surface area contributed by atoms with Crippen molar-refractivity contribution in [1.82, 2.24) is 4.90 Å². The van der Waals surface area contributed by atoms with Gasteiger partial charge in [-0.3, -0.25) is 4.79 Å². The van der Waals surface area contributed by atoms with Crippen molar-refractivity contribution >= 4 is 11.9 Å². The maximum atomic E-state index is 13.0. The highest BCUT2D eigenvalue weighted by Gasteiger charge is 2.50. The number of piperidine rings is 1. The van der Waals surface area contributed by atoms with Crippen molar-refractivity contribution in [1.29, 1.82) is 0 Å². The first kappa shape index (κ1) is 20.9. The minimum atomic E-state index is -0.985. The number of carbonyl (C=O) groups excluding carboxylic acids is 1. The summed E-state index contributed by atoms with van der Waals surface area (Å²) in [7, 11) is 0. The Morgan fingerprint density at radius 2 is 1.73 bits per heavy atom. The number of likely N-dealkylation sites (tertiary alicyclic amines) is 1. The van der Waals surface area contributed by atoms with Gasteiger partial charge in [-0.1, -0.05) is 62.4 Å². The van der Waals surface area contributed by atoms with Crippen molar-refractivity contribution in [2.24, 2.45) is 4.99 Å². The molecule has 0 bridgehead atoms. The second-order valence-corrected chi connectivity index (χ2v) is 8.78. The van der Waals surface area contributed by atoms with E-state index >= 15 is 0 Å². The van der Waals surface area contributed by atoms with Gasteiger partial charge in [0, 0.05) is 25.9 Å². The third kappa shape index (κ3) is 3.60. The monoisotopic (exact) mass is 408 g/mol. The molecule has 3 aliphatic heterocycles. The molecule has 5 nitrogen and oxygen atoms in total. The number of hydrogen-bond acceptors (Lipinski definition) is 4. The molecule has 3 heterocycles. The molecule has 0 saturated carbocycles. The van der Waals surface area contributed by atoms with Crippen LogP contribution in [-0.2, 0) is 26.5 Å². The molecular weight excluding hydrogens is 376 g/mol. The van der Waals surface area contributed by atoms with Crippen LogP contribution in [0.15, 0.2) is 53.6 Å². The molecule has 0 N–H and O–H groups in total. The summed E-state index contributed by atoms with van der Waals surface area (Å²) in [5.74, 6) is -0.204. The van der Waals surface area contributed by atoms with Crippen LogP contribution in [0.4, 0.5) is 0 Å². The Bertz CT molecular complexity index is 875. The van der Waals surface area contributed by atoms with Gasteiger partial charge in [0.1, 0.15) is 0 Å². The van der Waals surface area contributed by atoms with Crippen LogP contribution >= 0.6 is 0 Å². The Hall–Kier alpha value is -2.40. The van der Waals surface area contributed by atoms with Crippen molar-refractivity contribution in [3.05, 3.63) is 59.7 Å². The molecule has 1 aromatic carbocycles. The minimum absolute atomic E-state index is 0.204. The van der Waals surface area contributed by atoms with Crippen LogP contribution in [0.1, 0.15) is 63.5 Å². The van der Waals surface area contributed by atoms with E-state index in [1.807, 2.05) is 0 Å². The summed E-state index contributed by atoms with van der Waals surface area (Å²) in [6.07, 6.45) is 4.32. The van der Waals surface area contributed by atoms with E-state index < -0.39 is 5.60 Å². The second-order valence-electron chi connectivity index (χ2n) is 8.78. The number of benzene rings is 1. The molecule has 0 aromatic heterocycles. The largest absolute Gasteiger partial charge is 0.447 e. The predicted molar refractivity (Wildman–Crippen MR) is 118 cm³/mol. The fourth-order valence-electron chi connectivity index (χ4n) is 4.77. The first-order valence-electron chi connectivity index (χ1n) is 11.0. The SMILES string of the molecule is C=C(CC)CC1(CC(=C)CC)OC(N2CCC3(CC2)OCc2ccccc23)=NC1=O. The molecule has 4 rings (SSSR count). The lowest BCUT2D eigenvalue weighted by Gasteiger charge is -2.40. The number of ether oxygens (including phenoxy) is 2. The van der Waals surface area contributed by atoms with Crippen LogP contribution in [0.2, 0.25) is 0 Å². The zero-order valence-corrected chi connectivity index (χ0v) is 18.2. The number of fused-ring (bicyclic) bond motifs is 2. The highest BCUT2D eigenvalue weighted by atomic mass is 16.5. The number of hydrogen-bond donors (Lipinski definition) is 0. The maximum Gasteiger partial charge on any atom is 0.296 e. The average Bonchev–Trinajstić information content (AvgIpc) is 3.27. The van der Waals surface area contributed by atoms with E-state index in [-0.39, 0.29) is 11.5 Å². The molecule has 1 aromatic rings. The van der Waals surface area contributed by atoms with Crippen molar-refractivity contribution in [3.8, 4) is 0 Å². The number of rotatable bonds is 6. The Labute approximate surface area is 179 Å². The lowest BCUT2D eigenvalue weighted by Crippen LogP contribution is -2.47. The third-order valence-electron chi connectivity index (χ3n) is 6.80. The smallest absolute Gasteiger partial charge is 0.296 e. The van der Waals surface area contributed by atoms with Crippen LogP contribution < -0.4 is 0 Å². The van der Waals surface area contributed by atoms with Crippen LogP contribution in [0.25, 0.3) is 0 Å². The minimum Gasteiger partial charge on any atom is -0.447 e. The topological polar surface area (TPSA) is 51.1 Å². The summed E-state index contributed by atoms with van der Waals surface area (Å²) in [4.78, 5) is 19.5. The fourth-order valence-corrected chi connectivity index (χ4v) is 4.77. The lowest BCUT2D eigenvalue weighted by atomic mass is 9.84. The second kappa shape index (κ2) is 8.03. The number of amides is 1. The van der Waals surface area contributed by atoms with Gasteiger partial charge in [0.25, 0.3) is 11.9 Å².